The molecule has 1 N–H and O–H groups in total. The van der Waals surface area contributed by atoms with Crippen molar-refractivity contribution < 1.29 is 9.18 Å². The first-order valence-electron chi connectivity index (χ1n) is 8.06. The van der Waals surface area contributed by atoms with E-state index >= 15 is 0 Å². The molecule has 3 aromatic rings. The van der Waals surface area contributed by atoms with Gasteiger partial charge in [-0.05, 0) is 30.7 Å². The quantitative estimate of drug-likeness (QED) is 0.690. The summed E-state index contributed by atoms with van der Waals surface area (Å²) in [6.45, 7) is 1.98. The number of thioether (sulfide) groups is 1. The normalized spacial score (nSPS) is 12.9. The number of carbonyl (C=O) groups is 1. The van der Waals surface area contributed by atoms with Crippen molar-refractivity contribution in [3.05, 3.63) is 75.7 Å². The summed E-state index contributed by atoms with van der Waals surface area (Å²) in [6, 6.07) is 12.0. The standard InChI is InChI=1S/C19H15ClFN3OS/c1-11-5-2-3-8-16(11)24-18(12-9-26-10-15(12)23-24)22-19(25)17-13(20)6-4-7-14(17)21/h2-8H,9-10H2,1H3,(H,22,25). The van der Waals surface area contributed by atoms with E-state index in [0.29, 0.717) is 5.82 Å². The van der Waals surface area contributed by atoms with E-state index in [4.69, 9.17) is 11.6 Å². The van der Waals surface area contributed by atoms with Gasteiger partial charge in [-0.15, -0.1) is 0 Å². The van der Waals surface area contributed by atoms with Crippen molar-refractivity contribution in [3.63, 3.8) is 0 Å². The number of amides is 1. The molecule has 1 aliphatic heterocycles. The fourth-order valence-electron chi connectivity index (χ4n) is 3.00. The van der Waals surface area contributed by atoms with E-state index in [0.717, 1.165) is 34.0 Å². The van der Waals surface area contributed by atoms with E-state index < -0.39 is 11.7 Å². The van der Waals surface area contributed by atoms with Gasteiger partial charge in [0.1, 0.15) is 11.6 Å². The second-order valence-corrected chi connectivity index (χ2v) is 7.41. The van der Waals surface area contributed by atoms with Crippen LogP contribution in [0.3, 0.4) is 0 Å². The zero-order valence-electron chi connectivity index (χ0n) is 13.9. The van der Waals surface area contributed by atoms with Gasteiger partial charge in [-0.25, -0.2) is 9.07 Å². The maximum absolute atomic E-state index is 14.1. The lowest BCUT2D eigenvalue weighted by Crippen LogP contribution is -2.18. The lowest BCUT2D eigenvalue weighted by molar-refractivity contribution is 0.102. The second-order valence-electron chi connectivity index (χ2n) is 6.02. The summed E-state index contributed by atoms with van der Waals surface area (Å²) in [5.74, 6) is 0.883. The van der Waals surface area contributed by atoms with Gasteiger partial charge in [0.25, 0.3) is 5.91 Å². The molecule has 0 fully saturated rings. The first kappa shape index (κ1) is 17.1. The lowest BCUT2D eigenvalue weighted by atomic mass is 10.2. The number of aryl methyl sites for hydroxylation is 1. The molecule has 4 rings (SSSR count). The third kappa shape index (κ3) is 2.89. The van der Waals surface area contributed by atoms with Crippen molar-refractivity contribution in [1.82, 2.24) is 9.78 Å². The fraction of sp³-hybridized carbons (Fsp3) is 0.158. The molecule has 0 radical (unpaired) electrons. The molecule has 0 unspecified atom stereocenters. The van der Waals surface area contributed by atoms with Crippen molar-refractivity contribution in [2.75, 3.05) is 5.32 Å². The van der Waals surface area contributed by atoms with E-state index in [-0.39, 0.29) is 10.6 Å². The average molecular weight is 388 g/mol. The molecule has 132 valence electrons. The largest absolute Gasteiger partial charge is 0.306 e. The number of fused-ring (bicyclic) bond motifs is 1. The molecular formula is C19H15ClFN3OS. The Labute approximate surface area is 159 Å². The third-order valence-corrected chi connectivity index (χ3v) is 5.60. The number of para-hydroxylation sites is 1. The van der Waals surface area contributed by atoms with Crippen LogP contribution in [0.2, 0.25) is 5.02 Å². The molecule has 2 aromatic carbocycles. The molecule has 0 saturated carbocycles. The van der Waals surface area contributed by atoms with Gasteiger partial charge in [-0.2, -0.15) is 16.9 Å². The molecule has 1 aliphatic rings. The molecule has 1 aromatic heterocycles. The predicted molar refractivity (Wildman–Crippen MR) is 103 cm³/mol. The van der Waals surface area contributed by atoms with Crippen LogP contribution in [-0.2, 0) is 11.5 Å². The fourth-order valence-corrected chi connectivity index (χ4v) is 4.29. The first-order valence-corrected chi connectivity index (χ1v) is 9.59. The number of hydrogen-bond donors (Lipinski definition) is 1. The van der Waals surface area contributed by atoms with Gasteiger partial charge in [-0.1, -0.05) is 35.9 Å². The van der Waals surface area contributed by atoms with Crippen LogP contribution >= 0.6 is 23.4 Å². The van der Waals surface area contributed by atoms with Gasteiger partial charge in [0.05, 0.1) is 22.0 Å². The van der Waals surface area contributed by atoms with E-state index in [2.05, 4.69) is 10.4 Å². The van der Waals surface area contributed by atoms with Crippen molar-refractivity contribution in [2.24, 2.45) is 0 Å². The Morgan fingerprint density at radius 2 is 2.04 bits per heavy atom. The van der Waals surface area contributed by atoms with Gasteiger partial charge in [0.2, 0.25) is 0 Å². The zero-order chi connectivity index (χ0) is 18.3. The highest BCUT2D eigenvalue weighted by molar-refractivity contribution is 7.98. The number of hydrogen-bond acceptors (Lipinski definition) is 3. The summed E-state index contributed by atoms with van der Waals surface area (Å²) in [7, 11) is 0. The van der Waals surface area contributed by atoms with E-state index in [1.165, 1.54) is 18.2 Å². The third-order valence-electron chi connectivity index (χ3n) is 4.32. The van der Waals surface area contributed by atoms with Gasteiger partial charge in [-0.3, -0.25) is 4.79 Å². The molecule has 26 heavy (non-hydrogen) atoms. The summed E-state index contributed by atoms with van der Waals surface area (Å²) in [5, 5.41) is 7.59. The Morgan fingerprint density at radius 1 is 1.23 bits per heavy atom. The van der Waals surface area contributed by atoms with Crippen molar-refractivity contribution in [3.8, 4) is 5.69 Å². The summed E-state index contributed by atoms with van der Waals surface area (Å²) in [5.41, 5.74) is 3.65. The van der Waals surface area contributed by atoms with Crippen LogP contribution in [0.5, 0.6) is 0 Å². The molecule has 0 atom stereocenters. The molecule has 0 spiro atoms. The minimum Gasteiger partial charge on any atom is -0.306 e. The van der Waals surface area contributed by atoms with E-state index in [1.54, 1.807) is 16.4 Å². The summed E-state index contributed by atoms with van der Waals surface area (Å²) < 4.78 is 15.8. The van der Waals surface area contributed by atoms with E-state index in [9.17, 15) is 9.18 Å². The number of nitrogens with one attached hydrogen (secondary N) is 1. The van der Waals surface area contributed by atoms with Crippen LogP contribution in [0.15, 0.2) is 42.5 Å². The Hall–Kier alpha value is -2.31. The molecule has 4 nitrogen and oxygen atoms in total. The van der Waals surface area contributed by atoms with Gasteiger partial charge in [0.15, 0.2) is 0 Å². The number of nitrogens with zero attached hydrogens (tertiary/aromatic N) is 2. The molecule has 2 heterocycles. The minimum absolute atomic E-state index is 0.0791. The molecule has 0 bridgehead atoms. The number of anilines is 1. The van der Waals surface area contributed by atoms with Crippen molar-refractivity contribution in [2.45, 2.75) is 18.4 Å². The highest BCUT2D eigenvalue weighted by Crippen LogP contribution is 2.37. The van der Waals surface area contributed by atoms with Crippen LogP contribution in [0.4, 0.5) is 10.2 Å². The highest BCUT2D eigenvalue weighted by Gasteiger charge is 2.26. The molecular weight excluding hydrogens is 373 g/mol. The van der Waals surface area contributed by atoms with Gasteiger partial charge >= 0.3 is 0 Å². The Bertz CT molecular complexity index is 998. The Balaban J connectivity index is 1.80. The number of benzene rings is 2. The van der Waals surface area contributed by atoms with Crippen molar-refractivity contribution >= 4 is 35.1 Å². The summed E-state index contributed by atoms with van der Waals surface area (Å²) >= 11 is 7.77. The van der Waals surface area contributed by atoms with Gasteiger partial charge in [0, 0.05) is 17.1 Å². The van der Waals surface area contributed by atoms with Crippen LogP contribution in [0, 0.1) is 12.7 Å². The maximum atomic E-state index is 14.1. The molecule has 0 aliphatic carbocycles. The summed E-state index contributed by atoms with van der Waals surface area (Å²) in [6.07, 6.45) is 0. The maximum Gasteiger partial charge on any atom is 0.261 e. The second kappa shape index (κ2) is 6.78. The SMILES string of the molecule is Cc1ccccc1-n1nc2c(c1NC(=O)c1c(F)cccc1Cl)CSC2. The van der Waals surface area contributed by atoms with Gasteiger partial charge < -0.3 is 5.32 Å². The smallest absolute Gasteiger partial charge is 0.261 e. The number of carbonyl (C=O) groups excluding carboxylic acids is 1. The predicted octanol–water partition coefficient (Wildman–Crippen LogP) is 4.97. The highest BCUT2D eigenvalue weighted by atomic mass is 35.5. The number of rotatable bonds is 3. The minimum atomic E-state index is -0.650. The first-order chi connectivity index (χ1) is 12.6. The monoisotopic (exact) mass is 387 g/mol. The van der Waals surface area contributed by atoms with Crippen LogP contribution in [0.25, 0.3) is 5.69 Å². The van der Waals surface area contributed by atoms with Crippen LogP contribution < -0.4 is 5.32 Å². The number of aromatic nitrogens is 2. The number of halogens is 2. The molecule has 0 saturated heterocycles. The Kier molecular flexibility index (Phi) is 4.46. The lowest BCUT2D eigenvalue weighted by Gasteiger charge is -2.13. The van der Waals surface area contributed by atoms with Crippen molar-refractivity contribution in [1.29, 1.82) is 0 Å². The average Bonchev–Trinajstić information content (AvgIpc) is 3.18. The zero-order valence-corrected chi connectivity index (χ0v) is 15.5. The molecule has 1 amide bonds. The van der Waals surface area contributed by atoms with Crippen LogP contribution in [-0.4, -0.2) is 15.7 Å². The molecule has 7 heteroatoms. The topological polar surface area (TPSA) is 46.9 Å². The van der Waals surface area contributed by atoms with E-state index in [1.807, 2.05) is 31.2 Å². The Morgan fingerprint density at radius 3 is 2.81 bits per heavy atom. The summed E-state index contributed by atoms with van der Waals surface area (Å²) in [4.78, 5) is 12.7. The van der Waals surface area contributed by atoms with Crippen LogP contribution in [0.1, 0.15) is 27.2 Å².